The molecule has 0 atom stereocenters. The minimum absolute atomic E-state index is 0.784. The molecule has 0 saturated heterocycles. The molecule has 0 fully saturated rings. The fourth-order valence-corrected chi connectivity index (χ4v) is 5.38. The molecular formula is C22H18NSi+. The maximum absolute atomic E-state index is 2.44. The van der Waals surface area contributed by atoms with E-state index in [4.69, 9.17) is 0 Å². The van der Waals surface area contributed by atoms with Crippen molar-refractivity contribution >= 4 is 31.3 Å². The van der Waals surface area contributed by atoms with E-state index in [1.54, 1.807) is 0 Å². The summed E-state index contributed by atoms with van der Waals surface area (Å²) in [7, 11) is 3.00. The highest BCUT2D eigenvalue weighted by atomic mass is 28.2. The van der Waals surface area contributed by atoms with Gasteiger partial charge in [0.05, 0.1) is 6.42 Å². The van der Waals surface area contributed by atoms with Gasteiger partial charge in [-0.1, -0.05) is 47.7 Å². The van der Waals surface area contributed by atoms with Crippen LogP contribution in [-0.4, -0.2) is 26.9 Å². The third-order valence-corrected chi connectivity index (χ3v) is 6.67. The van der Waals surface area contributed by atoms with E-state index >= 15 is 0 Å². The Hall–Kier alpha value is -2.45. The Bertz CT molecular complexity index is 1030. The highest BCUT2D eigenvalue weighted by Crippen LogP contribution is 2.32. The lowest BCUT2D eigenvalue weighted by Gasteiger charge is -2.03. The number of nitrogens with zero attached hydrogens (tertiary/aromatic N) is 1. The maximum Gasteiger partial charge on any atom is 0.208 e. The molecule has 0 unspecified atom stereocenters. The smallest absolute Gasteiger partial charge is 0.198 e. The summed E-state index contributed by atoms with van der Waals surface area (Å²) < 4.78 is 2.39. The van der Waals surface area contributed by atoms with Crippen LogP contribution < -0.4 is 10.4 Å². The number of rotatable bonds is 1. The van der Waals surface area contributed by atoms with Crippen LogP contribution in [-0.2, 0) is 6.42 Å². The van der Waals surface area contributed by atoms with E-state index in [0.717, 1.165) is 15.9 Å². The summed E-state index contributed by atoms with van der Waals surface area (Å²) in [6, 6.07) is 22.4. The van der Waals surface area contributed by atoms with Gasteiger partial charge >= 0.3 is 0 Å². The molecule has 1 nitrogen and oxygen atoms in total. The lowest BCUT2D eigenvalue weighted by molar-refractivity contribution is -0.401. The topological polar surface area (TPSA) is 3.01 Å². The average molecular weight is 324 g/mol. The van der Waals surface area contributed by atoms with Crippen molar-refractivity contribution in [2.45, 2.75) is 13.3 Å². The molecule has 0 bridgehead atoms. The molecule has 114 valence electrons. The van der Waals surface area contributed by atoms with Gasteiger partial charge in [-0.15, -0.1) is 0 Å². The van der Waals surface area contributed by atoms with E-state index < -0.39 is 0 Å². The zero-order valence-corrected chi connectivity index (χ0v) is 14.9. The van der Waals surface area contributed by atoms with Crippen molar-refractivity contribution in [1.82, 2.24) is 0 Å². The molecule has 2 heteroatoms. The molecule has 0 saturated carbocycles. The maximum atomic E-state index is 2.44. The van der Waals surface area contributed by atoms with Crippen LogP contribution in [0.5, 0.6) is 0 Å². The van der Waals surface area contributed by atoms with Gasteiger partial charge in [0.15, 0.2) is 5.71 Å². The van der Waals surface area contributed by atoms with Crippen molar-refractivity contribution in [2.75, 3.05) is 7.05 Å². The minimum atomic E-state index is 0.784. The summed E-state index contributed by atoms with van der Waals surface area (Å²) in [5, 5.41) is 2.98. The van der Waals surface area contributed by atoms with Gasteiger partial charge in [-0.2, -0.15) is 4.58 Å². The second-order valence-corrected chi connectivity index (χ2v) is 8.02. The first-order chi connectivity index (χ1) is 11.7. The van der Waals surface area contributed by atoms with Crippen molar-refractivity contribution in [3.05, 3.63) is 77.4 Å². The number of hydrogen-bond acceptors (Lipinski definition) is 0. The highest BCUT2D eigenvalue weighted by molar-refractivity contribution is 6.73. The van der Waals surface area contributed by atoms with Gasteiger partial charge in [-0.3, -0.25) is 0 Å². The van der Waals surface area contributed by atoms with Crippen LogP contribution in [0.3, 0.4) is 0 Å². The standard InChI is InChI=1S/C22H18NSi/c1-14-7-3-4-8-16(14)20-12-15-11-18-17-9-5-6-10-21(17)24-22(18)13-19(15)23(20)2/h3-11,13H,12H2,1-2H3/q+1. The van der Waals surface area contributed by atoms with Crippen LogP contribution in [0.15, 0.2) is 60.7 Å². The van der Waals surface area contributed by atoms with Crippen molar-refractivity contribution in [2.24, 2.45) is 0 Å². The Balaban J connectivity index is 1.65. The van der Waals surface area contributed by atoms with Gasteiger partial charge < -0.3 is 0 Å². The van der Waals surface area contributed by atoms with E-state index in [2.05, 4.69) is 79.2 Å². The van der Waals surface area contributed by atoms with Crippen LogP contribution in [0.2, 0.25) is 0 Å². The Morgan fingerprint density at radius 2 is 1.58 bits per heavy atom. The normalized spacial score (nSPS) is 14.6. The third-order valence-electron chi connectivity index (χ3n) is 5.29. The molecule has 2 aliphatic rings. The van der Waals surface area contributed by atoms with E-state index in [1.807, 2.05) is 0 Å². The number of benzene rings is 3. The molecule has 3 aromatic rings. The molecule has 2 aliphatic heterocycles. The van der Waals surface area contributed by atoms with E-state index in [1.165, 1.54) is 49.6 Å². The van der Waals surface area contributed by atoms with Crippen molar-refractivity contribution in [3.63, 3.8) is 0 Å². The summed E-state index contributed by atoms with van der Waals surface area (Å²) in [5.74, 6) is 0. The molecule has 0 N–H and O–H groups in total. The molecule has 0 amide bonds. The second kappa shape index (κ2) is 5.02. The Morgan fingerprint density at radius 1 is 0.833 bits per heavy atom. The number of fused-ring (bicyclic) bond motifs is 4. The van der Waals surface area contributed by atoms with Crippen LogP contribution in [0, 0.1) is 6.92 Å². The monoisotopic (exact) mass is 324 g/mol. The first kappa shape index (κ1) is 13.9. The third kappa shape index (κ3) is 1.90. The Morgan fingerprint density at radius 3 is 2.42 bits per heavy atom. The zero-order valence-electron chi connectivity index (χ0n) is 13.9. The van der Waals surface area contributed by atoms with Crippen molar-refractivity contribution in [1.29, 1.82) is 0 Å². The van der Waals surface area contributed by atoms with Gasteiger partial charge in [0.1, 0.15) is 16.6 Å². The molecule has 5 rings (SSSR count). The Labute approximate surface area is 145 Å². The fraction of sp³-hybridized carbons (Fsp3) is 0.136. The molecule has 3 aromatic carbocycles. The predicted octanol–water partition coefficient (Wildman–Crippen LogP) is 2.95. The molecule has 2 heterocycles. The van der Waals surface area contributed by atoms with E-state index in [-0.39, 0.29) is 0 Å². The SMILES string of the molecule is Cc1ccccc1C1=[N+](C)c2cc3c(cc2C1)-c1ccccc1[Si]3. The van der Waals surface area contributed by atoms with Gasteiger partial charge in [-0.25, -0.2) is 0 Å². The highest BCUT2D eigenvalue weighted by Gasteiger charge is 2.32. The van der Waals surface area contributed by atoms with Crippen LogP contribution in [0.4, 0.5) is 5.69 Å². The number of aryl methyl sites for hydroxylation is 1. The predicted molar refractivity (Wildman–Crippen MR) is 102 cm³/mol. The van der Waals surface area contributed by atoms with Crippen molar-refractivity contribution < 1.29 is 4.58 Å². The van der Waals surface area contributed by atoms with Crippen LogP contribution in [0.25, 0.3) is 11.1 Å². The van der Waals surface area contributed by atoms with Gasteiger partial charge in [0, 0.05) is 17.2 Å². The lowest BCUT2D eigenvalue weighted by Crippen LogP contribution is -2.21. The number of hydrogen-bond donors (Lipinski definition) is 0. The Kier molecular flexibility index (Phi) is 2.92. The average Bonchev–Trinajstić information content (AvgIpc) is 3.11. The van der Waals surface area contributed by atoms with Gasteiger partial charge in [0.25, 0.3) is 0 Å². The molecule has 24 heavy (non-hydrogen) atoms. The molecule has 2 radical (unpaired) electrons. The minimum Gasteiger partial charge on any atom is -0.198 e. The molecule has 0 spiro atoms. The largest absolute Gasteiger partial charge is 0.208 e. The van der Waals surface area contributed by atoms with E-state index in [9.17, 15) is 0 Å². The van der Waals surface area contributed by atoms with Gasteiger partial charge in [-0.05, 0) is 40.9 Å². The summed E-state index contributed by atoms with van der Waals surface area (Å²) in [4.78, 5) is 0. The first-order valence-electron chi connectivity index (χ1n) is 8.41. The summed E-state index contributed by atoms with van der Waals surface area (Å²) in [6.45, 7) is 2.21. The summed E-state index contributed by atoms with van der Waals surface area (Å²) in [6.07, 6.45) is 1.02. The summed E-state index contributed by atoms with van der Waals surface area (Å²) in [5.41, 5.74) is 9.86. The quantitative estimate of drug-likeness (QED) is 0.374. The lowest BCUT2D eigenvalue weighted by atomic mass is 9.98. The molecule has 0 aromatic heterocycles. The molecular weight excluding hydrogens is 306 g/mol. The first-order valence-corrected chi connectivity index (χ1v) is 9.41. The molecule has 0 aliphatic carbocycles. The fourth-order valence-electron chi connectivity index (χ4n) is 4.00. The van der Waals surface area contributed by atoms with Crippen molar-refractivity contribution in [3.8, 4) is 11.1 Å². The van der Waals surface area contributed by atoms with Crippen LogP contribution in [0.1, 0.15) is 16.7 Å². The second-order valence-electron chi connectivity index (χ2n) is 6.69. The van der Waals surface area contributed by atoms with Crippen LogP contribution >= 0.6 is 0 Å². The van der Waals surface area contributed by atoms with E-state index in [0.29, 0.717) is 0 Å². The summed E-state index contributed by atoms with van der Waals surface area (Å²) >= 11 is 0. The zero-order chi connectivity index (χ0) is 16.3. The van der Waals surface area contributed by atoms with Gasteiger partial charge in [0.2, 0.25) is 5.69 Å².